The molecular formula is C22H26Cl2N4O2S. The Bertz CT molecular complexity index is 949. The molecule has 1 saturated heterocycles. The quantitative estimate of drug-likeness (QED) is 0.586. The number of amides is 1. The number of carbonyl (C=O) groups is 1. The van der Waals surface area contributed by atoms with Crippen molar-refractivity contribution in [2.75, 3.05) is 49.5 Å². The molecule has 1 aliphatic rings. The number of nitrogens with one attached hydrogen (secondary N) is 2. The van der Waals surface area contributed by atoms with Gasteiger partial charge in [-0.2, -0.15) is 0 Å². The first-order valence-corrected chi connectivity index (χ1v) is 11.4. The van der Waals surface area contributed by atoms with E-state index >= 15 is 0 Å². The molecule has 1 amide bonds. The summed E-state index contributed by atoms with van der Waals surface area (Å²) in [6.45, 7) is 9.55. The van der Waals surface area contributed by atoms with Crippen LogP contribution < -0.4 is 20.3 Å². The van der Waals surface area contributed by atoms with Crippen molar-refractivity contribution in [3.05, 3.63) is 52.0 Å². The molecule has 1 aliphatic heterocycles. The zero-order chi connectivity index (χ0) is 22.4. The summed E-state index contributed by atoms with van der Waals surface area (Å²) in [5, 5.41) is 6.85. The largest absolute Gasteiger partial charge is 0.492 e. The van der Waals surface area contributed by atoms with Gasteiger partial charge in [-0.3, -0.25) is 10.1 Å². The number of halogens is 2. The summed E-state index contributed by atoms with van der Waals surface area (Å²) in [7, 11) is 0. The topological polar surface area (TPSA) is 56.8 Å². The molecule has 2 aromatic rings. The fourth-order valence-corrected chi connectivity index (χ4v) is 4.14. The average Bonchev–Trinajstić information content (AvgIpc) is 2.75. The molecule has 0 aliphatic carbocycles. The van der Waals surface area contributed by atoms with Gasteiger partial charge in [-0.15, -0.1) is 0 Å². The van der Waals surface area contributed by atoms with Gasteiger partial charge in [-0.05, 0) is 62.1 Å². The lowest BCUT2D eigenvalue weighted by atomic mass is 10.2. The molecule has 31 heavy (non-hydrogen) atoms. The van der Waals surface area contributed by atoms with Crippen LogP contribution in [0.3, 0.4) is 0 Å². The third kappa shape index (κ3) is 6.23. The molecule has 0 saturated carbocycles. The molecule has 9 heteroatoms. The van der Waals surface area contributed by atoms with Crippen LogP contribution in [0.25, 0.3) is 0 Å². The van der Waals surface area contributed by atoms with Crippen LogP contribution in [0, 0.1) is 0 Å². The smallest absolute Gasteiger partial charge is 0.257 e. The molecule has 0 bridgehead atoms. The van der Waals surface area contributed by atoms with Crippen LogP contribution in [-0.2, 0) is 0 Å². The first-order valence-electron chi connectivity index (χ1n) is 10.2. The number of rotatable bonds is 6. The molecule has 0 radical (unpaired) electrons. The number of carbonyl (C=O) groups excluding carboxylic acids is 1. The Labute approximate surface area is 198 Å². The average molecular weight is 481 g/mol. The predicted octanol–water partition coefficient (Wildman–Crippen LogP) is 4.66. The highest BCUT2D eigenvalue weighted by Gasteiger charge is 2.18. The van der Waals surface area contributed by atoms with Gasteiger partial charge < -0.3 is 19.9 Å². The number of piperazine rings is 1. The molecule has 0 atom stereocenters. The molecule has 0 spiro atoms. The van der Waals surface area contributed by atoms with Crippen molar-refractivity contribution < 1.29 is 9.53 Å². The maximum atomic E-state index is 12.5. The fraction of sp³-hybridized carbons (Fsp3) is 0.364. The van der Waals surface area contributed by atoms with Crippen LogP contribution >= 0.6 is 35.4 Å². The fourth-order valence-electron chi connectivity index (χ4n) is 3.40. The molecule has 166 valence electrons. The minimum atomic E-state index is -0.362. The van der Waals surface area contributed by atoms with Gasteiger partial charge in [-0.1, -0.05) is 30.1 Å². The lowest BCUT2D eigenvalue weighted by Crippen LogP contribution is -2.46. The van der Waals surface area contributed by atoms with E-state index in [1.54, 1.807) is 18.2 Å². The summed E-state index contributed by atoms with van der Waals surface area (Å²) < 4.78 is 5.39. The Kier molecular flexibility index (Phi) is 8.37. The van der Waals surface area contributed by atoms with Crippen molar-refractivity contribution in [2.24, 2.45) is 0 Å². The number of thiocarbonyl (C=S) groups is 1. The van der Waals surface area contributed by atoms with Crippen molar-refractivity contribution in [1.29, 1.82) is 0 Å². The van der Waals surface area contributed by atoms with Gasteiger partial charge in [-0.25, -0.2) is 0 Å². The Morgan fingerprint density at radius 2 is 1.81 bits per heavy atom. The lowest BCUT2D eigenvalue weighted by Gasteiger charge is -2.36. The Morgan fingerprint density at radius 1 is 1.06 bits per heavy atom. The van der Waals surface area contributed by atoms with Gasteiger partial charge in [0.2, 0.25) is 0 Å². The zero-order valence-electron chi connectivity index (χ0n) is 17.6. The van der Waals surface area contributed by atoms with Gasteiger partial charge >= 0.3 is 0 Å². The maximum Gasteiger partial charge on any atom is 0.257 e. The highest BCUT2D eigenvalue weighted by atomic mass is 35.5. The zero-order valence-corrected chi connectivity index (χ0v) is 19.9. The Balaban J connectivity index is 1.58. The van der Waals surface area contributed by atoms with E-state index in [-0.39, 0.29) is 11.0 Å². The maximum absolute atomic E-state index is 12.5. The number of hydrogen-bond donors (Lipinski definition) is 2. The third-order valence-electron chi connectivity index (χ3n) is 5.09. The third-order valence-corrected chi connectivity index (χ3v) is 5.89. The van der Waals surface area contributed by atoms with E-state index in [1.165, 1.54) is 0 Å². The summed E-state index contributed by atoms with van der Waals surface area (Å²) in [5.74, 6) is 0.172. The van der Waals surface area contributed by atoms with Crippen LogP contribution in [0.1, 0.15) is 24.2 Å². The highest BCUT2D eigenvalue weighted by molar-refractivity contribution is 7.80. The van der Waals surface area contributed by atoms with Crippen LogP contribution in [-0.4, -0.2) is 55.3 Å². The van der Waals surface area contributed by atoms with E-state index in [1.807, 2.05) is 25.1 Å². The molecule has 0 aromatic heterocycles. The van der Waals surface area contributed by atoms with Gasteiger partial charge in [0, 0.05) is 37.4 Å². The van der Waals surface area contributed by atoms with Gasteiger partial charge in [0.1, 0.15) is 5.75 Å². The van der Waals surface area contributed by atoms with E-state index in [0.717, 1.165) is 38.4 Å². The summed E-state index contributed by atoms with van der Waals surface area (Å²) in [5.41, 5.74) is 2.09. The number of anilines is 2. The van der Waals surface area contributed by atoms with E-state index in [4.69, 9.17) is 40.2 Å². The minimum absolute atomic E-state index is 0.176. The highest BCUT2D eigenvalue weighted by Crippen LogP contribution is 2.30. The summed E-state index contributed by atoms with van der Waals surface area (Å²) >= 11 is 18.0. The molecular weight excluding hydrogens is 455 g/mol. The molecule has 1 fully saturated rings. The van der Waals surface area contributed by atoms with Crippen molar-refractivity contribution in [3.8, 4) is 5.75 Å². The van der Waals surface area contributed by atoms with E-state index in [0.29, 0.717) is 33.7 Å². The number of benzene rings is 2. The normalized spacial score (nSPS) is 14.3. The Morgan fingerprint density at radius 3 is 2.42 bits per heavy atom. The Hall–Kier alpha value is -2.06. The van der Waals surface area contributed by atoms with Crippen LogP contribution in [0.2, 0.25) is 10.0 Å². The number of nitrogens with zero attached hydrogens (tertiary/aromatic N) is 2. The van der Waals surface area contributed by atoms with Crippen LogP contribution in [0.5, 0.6) is 5.75 Å². The van der Waals surface area contributed by atoms with E-state index in [9.17, 15) is 4.79 Å². The minimum Gasteiger partial charge on any atom is -0.492 e. The number of ether oxygens (including phenoxy) is 1. The van der Waals surface area contributed by atoms with Crippen molar-refractivity contribution in [1.82, 2.24) is 10.2 Å². The summed E-state index contributed by atoms with van der Waals surface area (Å²) in [6.07, 6.45) is 0. The first-order chi connectivity index (χ1) is 14.9. The van der Waals surface area contributed by atoms with Crippen LogP contribution in [0.4, 0.5) is 11.4 Å². The SMILES string of the molecule is CCOc1ccc(C(=O)NC(=S)Nc2ccc(N3CCN(CC)CC3)c(Cl)c2)cc1Cl. The second-order valence-electron chi connectivity index (χ2n) is 7.07. The second kappa shape index (κ2) is 11.0. The monoisotopic (exact) mass is 480 g/mol. The van der Waals surface area contributed by atoms with Gasteiger partial charge in [0.05, 0.1) is 22.3 Å². The van der Waals surface area contributed by atoms with Gasteiger partial charge in [0.15, 0.2) is 5.11 Å². The summed E-state index contributed by atoms with van der Waals surface area (Å²) in [4.78, 5) is 17.2. The molecule has 6 nitrogen and oxygen atoms in total. The van der Waals surface area contributed by atoms with E-state index in [2.05, 4.69) is 27.4 Å². The van der Waals surface area contributed by atoms with Crippen LogP contribution in [0.15, 0.2) is 36.4 Å². The molecule has 2 aromatic carbocycles. The second-order valence-corrected chi connectivity index (χ2v) is 8.30. The van der Waals surface area contributed by atoms with Crippen molar-refractivity contribution in [2.45, 2.75) is 13.8 Å². The van der Waals surface area contributed by atoms with Crippen molar-refractivity contribution in [3.63, 3.8) is 0 Å². The standard InChI is InChI=1S/C22H26Cl2N4O2S/c1-3-27-9-11-28(12-10-27)19-7-6-16(14-17(19)23)25-22(31)26-21(29)15-5-8-20(30-4-2)18(24)13-15/h5-8,13-14H,3-4,9-12H2,1-2H3,(H2,25,26,29,31). The number of likely N-dealkylation sites (N-methyl/N-ethyl adjacent to an activating group) is 1. The van der Waals surface area contributed by atoms with Gasteiger partial charge in [0.25, 0.3) is 5.91 Å². The van der Waals surface area contributed by atoms with E-state index < -0.39 is 0 Å². The first kappa shape index (κ1) is 23.6. The molecule has 2 N–H and O–H groups in total. The number of hydrogen-bond acceptors (Lipinski definition) is 5. The lowest BCUT2D eigenvalue weighted by molar-refractivity contribution is 0.0977. The molecule has 3 rings (SSSR count). The molecule has 1 heterocycles. The summed E-state index contributed by atoms with van der Waals surface area (Å²) in [6, 6.07) is 10.5. The molecule has 0 unspecified atom stereocenters. The predicted molar refractivity (Wildman–Crippen MR) is 132 cm³/mol. The van der Waals surface area contributed by atoms with Crippen molar-refractivity contribution >= 4 is 57.8 Å².